The molecule has 0 N–H and O–H groups in total. The van der Waals surface area contributed by atoms with E-state index >= 15 is 0 Å². The van der Waals surface area contributed by atoms with Crippen LogP contribution in [0.4, 0.5) is 0 Å². The summed E-state index contributed by atoms with van der Waals surface area (Å²) in [5.41, 5.74) is 1.23. The zero-order valence-electron chi connectivity index (χ0n) is 12.2. The average molecular weight is 310 g/mol. The van der Waals surface area contributed by atoms with E-state index in [0.717, 1.165) is 24.5 Å². The molecular weight excluding hydrogens is 290 g/mol. The fourth-order valence-electron chi connectivity index (χ4n) is 2.64. The van der Waals surface area contributed by atoms with Gasteiger partial charge in [-0.2, -0.15) is 0 Å². The van der Waals surface area contributed by atoms with Gasteiger partial charge < -0.3 is 9.64 Å². The number of ether oxygens (including phenoxy) is 1. The quantitative estimate of drug-likeness (QED) is 0.786. The fourth-order valence-corrected chi connectivity index (χ4v) is 2.76. The van der Waals surface area contributed by atoms with Crippen molar-refractivity contribution < 1.29 is 14.3 Å². The molecule has 0 spiro atoms. The van der Waals surface area contributed by atoms with Gasteiger partial charge in [0.25, 0.3) is 0 Å². The zero-order chi connectivity index (χ0) is 15.2. The van der Waals surface area contributed by atoms with Gasteiger partial charge in [-0.25, -0.2) is 0 Å². The summed E-state index contributed by atoms with van der Waals surface area (Å²) in [4.78, 5) is 25.0. The maximum absolute atomic E-state index is 12.1. The Morgan fingerprint density at radius 1 is 1.29 bits per heavy atom. The minimum atomic E-state index is -0.261. The van der Waals surface area contributed by atoms with Crippen molar-refractivity contribution in [1.29, 1.82) is 0 Å². The van der Waals surface area contributed by atoms with E-state index in [9.17, 15) is 9.59 Å². The molecule has 0 bridgehead atoms. The number of amides is 1. The Kier molecular flexibility index (Phi) is 5.62. The van der Waals surface area contributed by atoms with E-state index in [1.54, 1.807) is 0 Å². The molecule has 1 fully saturated rings. The Balaban J connectivity index is 1.80. The number of hydrogen-bond donors (Lipinski definition) is 0. The minimum Gasteiger partial charge on any atom is -0.469 e. The summed E-state index contributed by atoms with van der Waals surface area (Å²) in [6.07, 6.45) is 2.23. The molecule has 1 heterocycles. The average Bonchev–Trinajstić information content (AvgIpc) is 2.97. The predicted octanol–water partition coefficient (Wildman–Crippen LogP) is 3.00. The Morgan fingerprint density at radius 2 is 2.00 bits per heavy atom. The normalized spacial score (nSPS) is 17.8. The van der Waals surface area contributed by atoms with Gasteiger partial charge in [-0.15, -0.1) is 0 Å². The van der Waals surface area contributed by atoms with Crippen LogP contribution < -0.4 is 0 Å². The largest absolute Gasteiger partial charge is 0.469 e. The minimum absolute atomic E-state index is 0.121. The van der Waals surface area contributed by atoms with Crippen molar-refractivity contribution in [2.75, 3.05) is 20.2 Å². The van der Waals surface area contributed by atoms with Crippen LogP contribution in [0.2, 0.25) is 5.02 Å². The summed E-state index contributed by atoms with van der Waals surface area (Å²) in [7, 11) is 1.36. The maximum atomic E-state index is 12.1. The van der Waals surface area contributed by atoms with Gasteiger partial charge in [0, 0.05) is 36.9 Å². The zero-order valence-corrected chi connectivity index (χ0v) is 12.9. The lowest BCUT2D eigenvalue weighted by Crippen LogP contribution is -2.28. The lowest BCUT2D eigenvalue weighted by atomic mass is 9.99. The van der Waals surface area contributed by atoms with Crippen molar-refractivity contribution in [3.63, 3.8) is 0 Å². The molecule has 0 unspecified atom stereocenters. The molecule has 1 amide bonds. The van der Waals surface area contributed by atoms with E-state index in [-0.39, 0.29) is 11.9 Å². The van der Waals surface area contributed by atoms with Crippen molar-refractivity contribution >= 4 is 23.5 Å². The number of methoxy groups -OCH3 is 1. The second kappa shape index (κ2) is 7.46. The van der Waals surface area contributed by atoms with Crippen LogP contribution in [0, 0.1) is 0 Å². The van der Waals surface area contributed by atoms with Crippen LogP contribution in [0.5, 0.6) is 0 Å². The topological polar surface area (TPSA) is 46.6 Å². The van der Waals surface area contributed by atoms with Crippen molar-refractivity contribution in [1.82, 2.24) is 4.90 Å². The summed E-state index contributed by atoms with van der Waals surface area (Å²) in [5.74, 6) is 0.241. The molecule has 5 heteroatoms. The van der Waals surface area contributed by atoms with Gasteiger partial charge in [-0.3, -0.25) is 9.59 Å². The Morgan fingerprint density at radius 3 is 2.67 bits per heavy atom. The molecule has 114 valence electrons. The van der Waals surface area contributed by atoms with Gasteiger partial charge in [0.05, 0.1) is 7.11 Å². The summed E-state index contributed by atoms with van der Waals surface area (Å²) < 4.78 is 4.57. The molecule has 0 saturated carbocycles. The first-order valence-electron chi connectivity index (χ1n) is 7.20. The first kappa shape index (κ1) is 15.8. The van der Waals surface area contributed by atoms with Crippen LogP contribution >= 0.6 is 11.6 Å². The van der Waals surface area contributed by atoms with Crippen LogP contribution in [0.3, 0.4) is 0 Å². The van der Waals surface area contributed by atoms with Crippen molar-refractivity contribution in [3.05, 3.63) is 34.9 Å². The molecule has 1 aromatic carbocycles. The Labute approximate surface area is 130 Å². The number of likely N-dealkylation sites (tertiary alicyclic amines) is 1. The van der Waals surface area contributed by atoms with E-state index in [1.807, 2.05) is 29.2 Å². The van der Waals surface area contributed by atoms with Gasteiger partial charge in [0.1, 0.15) is 0 Å². The molecule has 21 heavy (non-hydrogen) atoms. The van der Waals surface area contributed by atoms with E-state index in [2.05, 4.69) is 4.74 Å². The number of halogens is 1. The molecular formula is C16H20ClNO3. The highest BCUT2D eigenvalue weighted by molar-refractivity contribution is 6.30. The molecule has 0 aliphatic carbocycles. The van der Waals surface area contributed by atoms with Crippen molar-refractivity contribution in [2.24, 2.45) is 0 Å². The maximum Gasteiger partial charge on any atom is 0.305 e. The lowest BCUT2D eigenvalue weighted by Gasteiger charge is -2.16. The number of carbonyl (C=O) groups excluding carboxylic acids is 2. The number of esters is 1. The number of nitrogens with zero attached hydrogens (tertiary/aromatic N) is 1. The highest BCUT2D eigenvalue weighted by Crippen LogP contribution is 2.28. The van der Waals surface area contributed by atoms with Gasteiger partial charge in [-0.1, -0.05) is 23.7 Å². The SMILES string of the molecule is COC(=O)CCCC(=O)N1CC[C@H](c2ccc(Cl)cc2)C1. The van der Waals surface area contributed by atoms with Crippen LogP contribution in [0.25, 0.3) is 0 Å². The summed E-state index contributed by atoms with van der Waals surface area (Å²) in [6.45, 7) is 1.53. The first-order chi connectivity index (χ1) is 10.1. The first-order valence-corrected chi connectivity index (χ1v) is 7.58. The lowest BCUT2D eigenvalue weighted by molar-refractivity contribution is -0.140. The summed E-state index contributed by atoms with van der Waals surface area (Å²) in [5, 5.41) is 0.729. The smallest absolute Gasteiger partial charge is 0.305 e. The highest BCUT2D eigenvalue weighted by atomic mass is 35.5. The third-order valence-electron chi connectivity index (χ3n) is 3.88. The molecule has 1 aliphatic rings. The number of carbonyl (C=O) groups is 2. The van der Waals surface area contributed by atoms with Crippen LogP contribution in [-0.4, -0.2) is 37.0 Å². The van der Waals surface area contributed by atoms with Crippen LogP contribution in [0.1, 0.15) is 37.2 Å². The van der Waals surface area contributed by atoms with Crippen molar-refractivity contribution in [2.45, 2.75) is 31.6 Å². The third kappa shape index (κ3) is 4.46. The Hall–Kier alpha value is -1.55. The fraction of sp³-hybridized carbons (Fsp3) is 0.500. The van der Waals surface area contributed by atoms with E-state index < -0.39 is 0 Å². The number of hydrogen-bond acceptors (Lipinski definition) is 3. The van der Waals surface area contributed by atoms with Gasteiger partial charge >= 0.3 is 5.97 Å². The number of rotatable bonds is 5. The van der Waals surface area contributed by atoms with Gasteiger partial charge in [0.15, 0.2) is 0 Å². The molecule has 4 nitrogen and oxygen atoms in total. The van der Waals surface area contributed by atoms with Gasteiger partial charge in [-0.05, 0) is 30.5 Å². The molecule has 1 aliphatic heterocycles. The monoisotopic (exact) mass is 309 g/mol. The van der Waals surface area contributed by atoms with Crippen LogP contribution in [0.15, 0.2) is 24.3 Å². The highest BCUT2D eigenvalue weighted by Gasteiger charge is 2.26. The van der Waals surface area contributed by atoms with Crippen molar-refractivity contribution in [3.8, 4) is 0 Å². The Bertz CT molecular complexity index is 501. The third-order valence-corrected chi connectivity index (χ3v) is 4.13. The molecule has 0 radical (unpaired) electrons. The summed E-state index contributed by atoms with van der Waals surface area (Å²) in [6, 6.07) is 7.83. The number of benzene rings is 1. The molecule has 1 saturated heterocycles. The molecule has 1 atom stereocenters. The van der Waals surface area contributed by atoms with E-state index in [1.165, 1.54) is 12.7 Å². The second-order valence-electron chi connectivity index (χ2n) is 5.31. The standard InChI is InChI=1S/C16H20ClNO3/c1-21-16(20)4-2-3-15(19)18-10-9-13(11-18)12-5-7-14(17)8-6-12/h5-8,13H,2-4,9-11H2,1H3/t13-/m0/s1. The van der Waals surface area contributed by atoms with Gasteiger partial charge in [0.2, 0.25) is 5.91 Å². The molecule has 1 aromatic rings. The molecule has 2 rings (SSSR count). The van der Waals surface area contributed by atoms with E-state index in [4.69, 9.17) is 11.6 Å². The second-order valence-corrected chi connectivity index (χ2v) is 5.74. The van der Waals surface area contributed by atoms with E-state index in [0.29, 0.717) is 25.2 Å². The van der Waals surface area contributed by atoms with Crippen LogP contribution in [-0.2, 0) is 14.3 Å². The summed E-state index contributed by atoms with van der Waals surface area (Å²) >= 11 is 5.89. The predicted molar refractivity (Wildman–Crippen MR) is 81.3 cm³/mol. The molecule has 0 aromatic heterocycles.